The van der Waals surface area contributed by atoms with Crippen LogP contribution in [0.3, 0.4) is 0 Å². The normalized spacial score (nSPS) is 20.2. The molecule has 2 rings (SSSR count). The fraction of sp³-hybridized carbons (Fsp3) is 0.500. The maximum absolute atomic E-state index is 9.06. The van der Waals surface area contributed by atoms with Crippen molar-refractivity contribution < 1.29 is 5.21 Å². The smallest absolute Gasteiger partial charge is 0.0767 e. The van der Waals surface area contributed by atoms with Gasteiger partial charge in [-0.15, -0.1) is 0 Å². The van der Waals surface area contributed by atoms with Crippen molar-refractivity contribution in [3.63, 3.8) is 0 Å². The first kappa shape index (κ1) is 12.1. The molecule has 0 bridgehead atoms. The molecule has 3 heteroatoms. The fourth-order valence-electron chi connectivity index (χ4n) is 2.58. The quantitative estimate of drug-likeness (QED) is 0.494. The maximum Gasteiger partial charge on any atom is 0.0767 e. The molecule has 0 radical (unpaired) electrons. The summed E-state index contributed by atoms with van der Waals surface area (Å²) >= 11 is 0. The number of likely N-dealkylation sites (tertiary alicyclic amines) is 1. The molecule has 0 spiro atoms. The van der Waals surface area contributed by atoms with Crippen molar-refractivity contribution >= 4 is 5.71 Å². The number of hydrogen-bond donors (Lipinski definition) is 1. The molecule has 3 nitrogen and oxygen atoms in total. The van der Waals surface area contributed by atoms with Gasteiger partial charge in [0.25, 0.3) is 0 Å². The van der Waals surface area contributed by atoms with Crippen molar-refractivity contribution in [2.75, 3.05) is 13.1 Å². The summed E-state index contributed by atoms with van der Waals surface area (Å²) < 4.78 is 0. The third kappa shape index (κ3) is 2.86. The van der Waals surface area contributed by atoms with Gasteiger partial charge in [-0.2, -0.15) is 0 Å². The molecule has 92 valence electrons. The highest BCUT2D eigenvalue weighted by atomic mass is 16.4. The molecule has 0 saturated carbocycles. The summed E-state index contributed by atoms with van der Waals surface area (Å²) in [5, 5.41) is 12.5. The second-order valence-electron chi connectivity index (χ2n) is 4.65. The number of piperidine rings is 1. The summed E-state index contributed by atoms with van der Waals surface area (Å²) in [4.78, 5) is 2.41. The highest BCUT2D eigenvalue weighted by Gasteiger charge is 2.24. The van der Waals surface area contributed by atoms with Gasteiger partial charge in [-0.05, 0) is 38.4 Å². The van der Waals surface area contributed by atoms with Crippen LogP contribution >= 0.6 is 0 Å². The van der Waals surface area contributed by atoms with Crippen LogP contribution in [0.25, 0.3) is 0 Å². The highest BCUT2D eigenvalue weighted by Crippen LogP contribution is 2.25. The molecule has 1 saturated heterocycles. The van der Waals surface area contributed by atoms with Crippen molar-refractivity contribution in [3.8, 4) is 0 Å². The lowest BCUT2D eigenvalue weighted by molar-refractivity contribution is 0.197. The van der Waals surface area contributed by atoms with Gasteiger partial charge in [-0.25, -0.2) is 0 Å². The van der Waals surface area contributed by atoms with Crippen molar-refractivity contribution in [3.05, 3.63) is 35.9 Å². The van der Waals surface area contributed by atoms with Crippen LogP contribution in [0.4, 0.5) is 0 Å². The molecule has 1 aliphatic rings. The third-order valence-corrected chi connectivity index (χ3v) is 3.42. The zero-order chi connectivity index (χ0) is 12.1. The van der Waals surface area contributed by atoms with Crippen LogP contribution in [0.1, 0.15) is 37.8 Å². The summed E-state index contributed by atoms with van der Waals surface area (Å²) in [6, 6.07) is 10.4. The summed E-state index contributed by atoms with van der Waals surface area (Å²) in [6.45, 7) is 4.07. The molecule has 1 unspecified atom stereocenters. The molecule has 1 heterocycles. The molecular weight excluding hydrogens is 212 g/mol. The van der Waals surface area contributed by atoms with Gasteiger partial charge in [0.05, 0.1) is 11.8 Å². The van der Waals surface area contributed by atoms with Crippen LogP contribution in [-0.2, 0) is 0 Å². The Hall–Kier alpha value is -1.35. The number of hydrogen-bond acceptors (Lipinski definition) is 3. The Morgan fingerprint density at radius 1 is 1.18 bits per heavy atom. The zero-order valence-electron chi connectivity index (χ0n) is 10.3. The minimum Gasteiger partial charge on any atom is -0.411 e. The Bertz CT molecular complexity index is 369. The van der Waals surface area contributed by atoms with Crippen molar-refractivity contribution in [1.29, 1.82) is 0 Å². The largest absolute Gasteiger partial charge is 0.411 e. The van der Waals surface area contributed by atoms with Gasteiger partial charge in [-0.3, -0.25) is 4.90 Å². The van der Waals surface area contributed by atoms with E-state index in [4.69, 9.17) is 5.21 Å². The summed E-state index contributed by atoms with van der Waals surface area (Å²) in [7, 11) is 0. The first-order chi connectivity index (χ1) is 8.33. The predicted molar refractivity (Wildman–Crippen MR) is 69.5 cm³/mol. The third-order valence-electron chi connectivity index (χ3n) is 3.42. The van der Waals surface area contributed by atoms with E-state index in [1.165, 1.54) is 24.8 Å². The van der Waals surface area contributed by atoms with Gasteiger partial charge < -0.3 is 5.21 Å². The SMILES string of the molecule is C/C(=N/O)C(c1ccccc1)N1CCCCC1. The Morgan fingerprint density at radius 3 is 2.41 bits per heavy atom. The number of benzene rings is 1. The molecule has 0 aromatic heterocycles. The van der Waals surface area contributed by atoms with Gasteiger partial charge in [-0.1, -0.05) is 41.9 Å². The fourth-order valence-corrected chi connectivity index (χ4v) is 2.58. The van der Waals surface area contributed by atoms with Crippen LogP contribution in [0.15, 0.2) is 35.5 Å². The van der Waals surface area contributed by atoms with Crippen LogP contribution in [-0.4, -0.2) is 28.9 Å². The summed E-state index contributed by atoms with van der Waals surface area (Å²) in [6.07, 6.45) is 3.79. The molecule has 0 aliphatic carbocycles. The lowest BCUT2D eigenvalue weighted by Gasteiger charge is -2.34. The average Bonchev–Trinajstić information content (AvgIpc) is 2.41. The molecular formula is C14H20N2O. The van der Waals surface area contributed by atoms with Gasteiger partial charge >= 0.3 is 0 Å². The molecule has 1 N–H and O–H groups in total. The molecule has 17 heavy (non-hydrogen) atoms. The average molecular weight is 232 g/mol. The van der Waals surface area contributed by atoms with Gasteiger partial charge in [0, 0.05) is 0 Å². The first-order valence-electron chi connectivity index (χ1n) is 6.30. The lowest BCUT2D eigenvalue weighted by Crippen LogP contribution is -2.37. The second-order valence-corrected chi connectivity index (χ2v) is 4.65. The number of nitrogens with zero attached hydrogens (tertiary/aromatic N) is 2. The van der Waals surface area contributed by atoms with E-state index in [0.29, 0.717) is 0 Å². The Labute approximate surface area is 103 Å². The summed E-state index contributed by atoms with van der Waals surface area (Å²) in [5.41, 5.74) is 1.99. The minimum atomic E-state index is 0.126. The lowest BCUT2D eigenvalue weighted by atomic mass is 9.98. The van der Waals surface area contributed by atoms with Crippen LogP contribution in [0, 0.1) is 0 Å². The van der Waals surface area contributed by atoms with Gasteiger partial charge in [0.15, 0.2) is 0 Å². The van der Waals surface area contributed by atoms with Crippen molar-refractivity contribution in [1.82, 2.24) is 4.90 Å². The van der Waals surface area contributed by atoms with E-state index < -0.39 is 0 Å². The maximum atomic E-state index is 9.06. The van der Waals surface area contributed by atoms with E-state index >= 15 is 0 Å². The Balaban J connectivity index is 2.25. The van der Waals surface area contributed by atoms with E-state index in [0.717, 1.165) is 18.8 Å². The van der Waals surface area contributed by atoms with E-state index in [9.17, 15) is 0 Å². The van der Waals surface area contributed by atoms with Crippen molar-refractivity contribution in [2.24, 2.45) is 5.16 Å². The van der Waals surface area contributed by atoms with Crippen LogP contribution in [0.5, 0.6) is 0 Å². The van der Waals surface area contributed by atoms with Crippen LogP contribution in [0.2, 0.25) is 0 Å². The van der Waals surface area contributed by atoms with Gasteiger partial charge in [0.2, 0.25) is 0 Å². The standard InChI is InChI=1S/C14H20N2O/c1-12(15-17)14(13-8-4-2-5-9-13)16-10-6-3-7-11-16/h2,4-5,8-9,14,17H,3,6-7,10-11H2,1H3/b15-12-. The molecule has 0 amide bonds. The van der Waals surface area contributed by atoms with E-state index in [2.05, 4.69) is 22.2 Å². The second kappa shape index (κ2) is 5.82. The summed E-state index contributed by atoms with van der Waals surface area (Å²) in [5.74, 6) is 0. The van der Waals surface area contributed by atoms with E-state index in [-0.39, 0.29) is 6.04 Å². The molecule has 1 aliphatic heterocycles. The molecule has 1 fully saturated rings. The van der Waals surface area contributed by atoms with E-state index in [1.807, 2.05) is 25.1 Å². The first-order valence-corrected chi connectivity index (χ1v) is 6.30. The van der Waals surface area contributed by atoms with Crippen molar-refractivity contribution in [2.45, 2.75) is 32.2 Å². The number of oxime groups is 1. The minimum absolute atomic E-state index is 0.126. The van der Waals surface area contributed by atoms with E-state index in [1.54, 1.807) is 0 Å². The molecule has 1 atom stereocenters. The molecule has 1 aromatic carbocycles. The highest BCUT2D eigenvalue weighted by molar-refractivity contribution is 5.87. The zero-order valence-corrected chi connectivity index (χ0v) is 10.3. The van der Waals surface area contributed by atoms with Crippen LogP contribution < -0.4 is 0 Å². The molecule has 1 aromatic rings. The topological polar surface area (TPSA) is 35.8 Å². The monoisotopic (exact) mass is 232 g/mol. The van der Waals surface area contributed by atoms with Gasteiger partial charge in [0.1, 0.15) is 0 Å². The predicted octanol–water partition coefficient (Wildman–Crippen LogP) is 3.06. The Morgan fingerprint density at radius 2 is 1.82 bits per heavy atom. The number of rotatable bonds is 3. The Kier molecular flexibility index (Phi) is 4.15.